The maximum atomic E-state index is 9.60. The first-order valence-electron chi connectivity index (χ1n) is 7.07. The number of piperidine rings is 1. The van der Waals surface area contributed by atoms with Crippen LogP contribution in [0.15, 0.2) is 0 Å². The average molecular weight is 259 g/mol. The smallest absolute Gasteiger partial charge is 0.0603 e. The Labute approximate surface area is 107 Å². The quantitative estimate of drug-likeness (QED) is 0.773. The number of hydrogen-bond donors (Lipinski definition) is 1. The Balaban J connectivity index is 1.70. The molecule has 0 aromatic rings. The zero-order valence-corrected chi connectivity index (χ0v) is 11.8. The van der Waals surface area contributed by atoms with Crippen molar-refractivity contribution >= 4 is 9.39 Å². The Hall–Kier alpha value is 0.310. The lowest BCUT2D eigenvalue weighted by atomic mass is 9.96. The van der Waals surface area contributed by atoms with Crippen LogP contribution in [0.3, 0.4) is 0 Å². The highest BCUT2D eigenvalue weighted by Crippen LogP contribution is 2.24. The molecule has 2 fully saturated rings. The van der Waals surface area contributed by atoms with E-state index < -0.39 is 0 Å². The molecule has 17 heavy (non-hydrogen) atoms. The van der Waals surface area contributed by atoms with E-state index in [0.717, 1.165) is 51.6 Å². The maximum Gasteiger partial charge on any atom is 0.0603 e. The largest absolute Gasteiger partial charge is 0.393 e. The van der Waals surface area contributed by atoms with E-state index in [0.29, 0.717) is 12.2 Å². The van der Waals surface area contributed by atoms with Crippen molar-refractivity contribution in [3.05, 3.63) is 0 Å². The van der Waals surface area contributed by atoms with Gasteiger partial charge < -0.3 is 9.84 Å². The molecule has 1 N–H and O–H groups in total. The molecule has 0 amide bonds. The lowest BCUT2D eigenvalue weighted by Crippen LogP contribution is -2.34. The van der Waals surface area contributed by atoms with Crippen LogP contribution in [0.1, 0.15) is 51.4 Å². The van der Waals surface area contributed by atoms with E-state index in [9.17, 15) is 5.11 Å². The molecule has 0 aromatic carbocycles. The minimum absolute atomic E-state index is 0.0590. The highest BCUT2D eigenvalue weighted by Gasteiger charge is 2.22. The Morgan fingerprint density at radius 2 is 1.41 bits per heavy atom. The maximum absolute atomic E-state index is 9.60. The Bertz CT molecular complexity index is 209. The first-order chi connectivity index (χ1) is 8.24. The fraction of sp³-hybridized carbons (Fsp3) is 1.00. The summed E-state index contributed by atoms with van der Waals surface area (Å²) in [4.78, 5) is 0. The van der Waals surface area contributed by atoms with E-state index in [1.807, 2.05) is 0 Å². The van der Waals surface area contributed by atoms with Gasteiger partial charge in [0, 0.05) is 13.1 Å². The summed E-state index contributed by atoms with van der Waals surface area (Å²) < 4.78 is 8.53. The van der Waals surface area contributed by atoms with E-state index in [1.54, 1.807) is 0 Å². The molecule has 1 saturated heterocycles. The van der Waals surface area contributed by atoms with Crippen LogP contribution in [0.4, 0.5) is 0 Å². The molecule has 3 nitrogen and oxygen atoms in total. The van der Waals surface area contributed by atoms with Gasteiger partial charge in [0.1, 0.15) is 0 Å². The highest BCUT2D eigenvalue weighted by atomic mass is 31.0. The average Bonchev–Trinajstić information content (AvgIpc) is 2.29. The third-order valence-electron chi connectivity index (χ3n) is 3.99. The number of rotatable bonds is 2. The van der Waals surface area contributed by atoms with Gasteiger partial charge in [-0.1, -0.05) is 9.39 Å². The molecular weight excluding hydrogens is 233 g/mol. The van der Waals surface area contributed by atoms with Crippen molar-refractivity contribution in [3.63, 3.8) is 0 Å². The van der Waals surface area contributed by atoms with Crippen molar-refractivity contribution in [2.24, 2.45) is 0 Å². The summed E-state index contributed by atoms with van der Waals surface area (Å²) in [6.07, 6.45) is 9.64. The first-order valence-corrected chi connectivity index (χ1v) is 7.59. The molecule has 0 aromatic heterocycles. The van der Waals surface area contributed by atoms with Gasteiger partial charge in [-0.3, -0.25) is 4.67 Å². The molecule has 1 heterocycles. The predicted molar refractivity (Wildman–Crippen MR) is 72.9 cm³/mol. The van der Waals surface area contributed by atoms with Crippen molar-refractivity contribution in [1.82, 2.24) is 4.67 Å². The summed E-state index contributed by atoms with van der Waals surface area (Å²) in [6.45, 7) is 2.28. The van der Waals surface area contributed by atoms with Gasteiger partial charge in [-0.15, -0.1) is 0 Å². The van der Waals surface area contributed by atoms with Gasteiger partial charge in [0.05, 0.1) is 18.3 Å². The molecule has 1 unspecified atom stereocenters. The summed E-state index contributed by atoms with van der Waals surface area (Å²) in [7, 11) is 2.78. The molecule has 2 aliphatic rings. The predicted octanol–water partition coefficient (Wildman–Crippen LogP) is 2.34. The van der Waals surface area contributed by atoms with Gasteiger partial charge in [0.2, 0.25) is 0 Å². The molecule has 1 aliphatic heterocycles. The van der Waals surface area contributed by atoms with Crippen LogP contribution < -0.4 is 0 Å². The molecule has 1 aliphatic carbocycles. The van der Waals surface area contributed by atoms with Crippen molar-refractivity contribution in [1.29, 1.82) is 0 Å². The molecule has 0 radical (unpaired) electrons. The third kappa shape index (κ3) is 4.82. The summed E-state index contributed by atoms with van der Waals surface area (Å²) in [5, 5.41) is 9.60. The zero-order chi connectivity index (χ0) is 12.1. The second kappa shape index (κ2) is 7.04. The van der Waals surface area contributed by atoms with Crippen LogP contribution in [-0.2, 0) is 4.74 Å². The monoisotopic (exact) mass is 259 g/mol. The Morgan fingerprint density at radius 1 is 0.882 bits per heavy atom. The normalized spacial score (nSPS) is 34.2. The number of aliphatic hydroxyl groups is 1. The van der Waals surface area contributed by atoms with Crippen LogP contribution in [0.2, 0.25) is 0 Å². The number of nitrogens with zero attached hydrogens (tertiary/aromatic N) is 1. The van der Waals surface area contributed by atoms with Crippen LogP contribution in [0, 0.1) is 0 Å². The first kappa shape index (κ1) is 13.7. The summed E-state index contributed by atoms with van der Waals surface area (Å²) >= 11 is 0. The number of ether oxygens (including phenoxy) is 1. The second-order valence-electron chi connectivity index (χ2n) is 5.51. The SMILES string of the molecule is OC1CCCC(OC2CCN(P)CC2)CCC1. The van der Waals surface area contributed by atoms with Gasteiger partial charge in [-0.25, -0.2) is 0 Å². The third-order valence-corrected chi connectivity index (χ3v) is 4.50. The Kier molecular flexibility index (Phi) is 5.68. The van der Waals surface area contributed by atoms with Gasteiger partial charge in [0.15, 0.2) is 0 Å². The standard InChI is InChI=1S/C13H26NO2P/c15-11-3-1-5-12(6-2-4-11)16-13-7-9-14(17)10-8-13/h11-13,15H,1-10,17H2. The van der Waals surface area contributed by atoms with Gasteiger partial charge in [-0.2, -0.15) is 0 Å². The highest BCUT2D eigenvalue weighted by molar-refractivity contribution is 7.13. The fourth-order valence-corrected chi connectivity index (χ4v) is 3.17. The van der Waals surface area contributed by atoms with E-state index in [1.165, 1.54) is 12.8 Å². The number of hydrogen-bond acceptors (Lipinski definition) is 3. The zero-order valence-electron chi connectivity index (χ0n) is 10.7. The Morgan fingerprint density at radius 3 is 2.00 bits per heavy atom. The molecule has 0 bridgehead atoms. The summed E-state index contributed by atoms with van der Waals surface area (Å²) in [5.41, 5.74) is 0. The van der Waals surface area contributed by atoms with E-state index in [4.69, 9.17) is 4.74 Å². The van der Waals surface area contributed by atoms with E-state index >= 15 is 0 Å². The van der Waals surface area contributed by atoms with Gasteiger partial charge in [-0.05, 0) is 51.4 Å². The minimum Gasteiger partial charge on any atom is -0.393 e. The van der Waals surface area contributed by atoms with Crippen molar-refractivity contribution in [2.75, 3.05) is 13.1 Å². The molecule has 2 rings (SSSR count). The van der Waals surface area contributed by atoms with Gasteiger partial charge in [0.25, 0.3) is 0 Å². The van der Waals surface area contributed by atoms with Gasteiger partial charge >= 0.3 is 0 Å². The van der Waals surface area contributed by atoms with Crippen molar-refractivity contribution in [2.45, 2.75) is 69.7 Å². The molecule has 1 saturated carbocycles. The molecule has 1 atom stereocenters. The molecule has 100 valence electrons. The second-order valence-corrected chi connectivity index (χ2v) is 6.24. The van der Waals surface area contributed by atoms with Crippen LogP contribution in [0.25, 0.3) is 0 Å². The lowest BCUT2D eigenvalue weighted by molar-refractivity contribution is -0.0472. The van der Waals surface area contributed by atoms with Crippen LogP contribution in [-0.4, -0.2) is 41.2 Å². The molecule has 0 spiro atoms. The molecular formula is C13H26NO2P. The van der Waals surface area contributed by atoms with Crippen molar-refractivity contribution < 1.29 is 9.84 Å². The van der Waals surface area contributed by atoms with E-state index in [2.05, 4.69) is 14.1 Å². The van der Waals surface area contributed by atoms with Crippen LogP contribution >= 0.6 is 9.39 Å². The fourth-order valence-electron chi connectivity index (χ4n) is 2.87. The lowest BCUT2D eigenvalue weighted by Gasteiger charge is -2.32. The van der Waals surface area contributed by atoms with Crippen molar-refractivity contribution in [3.8, 4) is 0 Å². The van der Waals surface area contributed by atoms with E-state index in [-0.39, 0.29) is 6.10 Å². The summed E-state index contributed by atoms with van der Waals surface area (Å²) in [5.74, 6) is 0. The minimum atomic E-state index is -0.0590. The van der Waals surface area contributed by atoms with Crippen LogP contribution in [0.5, 0.6) is 0 Å². The summed E-state index contributed by atoms with van der Waals surface area (Å²) in [6, 6.07) is 0. The number of aliphatic hydroxyl groups excluding tert-OH is 1. The topological polar surface area (TPSA) is 32.7 Å². The molecule has 4 heteroatoms.